The third-order valence-electron chi connectivity index (χ3n) is 4.06. The van der Waals surface area contributed by atoms with Crippen LogP contribution in [-0.4, -0.2) is 42.6 Å². The van der Waals surface area contributed by atoms with Crippen LogP contribution in [0, 0.1) is 12.8 Å². The predicted molar refractivity (Wildman–Crippen MR) is 93.5 cm³/mol. The molecule has 1 saturated heterocycles. The Balaban J connectivity index is 1.81. The first-order chi connectivity index (χ1) is 11.3. The van der Waals surface area contributed by atoms with E-state index in [1.54, 1.807) is 6.20 Å². The van der Waals surface area contributed by atoms with Crippen molar-refractivity contribution in [2.75, 3.05) is 24.5 Å². The van der Waals surface area contributed by atoms with E-state index in [1.807, 2.05) is 33.8 Å². The van der Waals surface area contributed by atoms with Crippen molar-refractivity contribution in [3.05, 3.63) is 23.4 Å². The van der Waals surface area contributed by atoms with Gasteiger partial charge in [-0.15, -0.1) is 0 Å². The Hall–Kier alpha value is -2.11. The lowest BCUT2D eigenvalue weighted by molar-refractivity contribution is 0.0516. The van der Waals surface area contributed by atoms with Gasteiger partial charge in [0.25, 0.3) is 0 Å². The molecule has 2 heterocycles. The molecule has 6 nitrogen and oxygen atoms in total. The number of carbonyl (C=O) groups is 2. The molecule has 132 valence electrons. The highest BCUT2D eigenvalue weighted by molar-refractivity contribution is 5.75. The first-order valence-corrected chi connectivity index (χ1v) is 8.42. The van der Waals surface area contributed by atoms with Gasteiger partial charge in [-0.2, -0.15) is 0 Å². The predicted octanol–water partition coefficient (Wildman–Crippen LogP) is 2.94. The van der Waals surface area contributed by atoms with Crippen LogP contribution in [-0.2, 0) is 4.74 Å². The van der Waals surface area contributed by atoms with Crippen LogP contribution < -0.4 is 10.2 Å². The molecule has 0 aliphatic carbocycles. The fourth-order valence-corrected chi connectivity index (χ4v) is 2.88. The van der Waals surface area contributed by atoms with E-state index in [2.05, 4.69) is 15.2 Å². The van der Waals surface area contributed by atoms with Crippen LogP contribution >= 0.6 is 0 Å². The van der Waals surface area contributed by atoms with E-state index in [-0.39, 0.29) is 6.09 Å². The van der Waals surface area contributed by atoms with Gasteiger partial charge < -0.3 is 15.0 Å². The maximum absolute atomic E-state index is 11.7. The molecule has 0 bridgehead atoms. The Bertz CT molecular complexity index is 588. The number of hydrogen-bond acceptors (Lipinski definition) is 5. The summed E-state index contributed by atoms with van der Waals surface area (Å²) in [7, 11) is 0. The van der Waals surface area contributed by atoms with Crippen LogP contribution in [0.3, 0.4) is 0 Å². The summed E-state index contributed by atoms with van der Waals surface area (Å²) in [5.41, 5.74) is 1.15. The SMILES string of the molecule is Cc1cc(C=O)cnc1N1CCC(CNC(=O)OC(C)(C)C)CC1. The van der Waals surface area contributed by atoms with Crippen LogP contribution in [0.15, 0.2) is 12.3 Å². The zero-order chi connectivity index (χ0) is 17.7. The van der Waals surface area contributed by atoms with Gasteiger partial charge in [-0.3, -0.25) is 4.79 Å². The summed E-state index contributed by atoms with van der Waals surface area (Å²) in [4.78, 5) is 29.2. The zero-order valence-corrected chi connectivity index (χ0v) is 15.0. The van der Waals surface area contributed by atoms with Crippen molar-refractivity contribution < 1.29 is 14.3 Å². The molecule has 1 aliphatic rings. The summed E-state index contributed by atoms with van der Waals surface area (Å²) < 4.78 is 5.26. The normalized spacial score (nSPS) is 15.9. The van der Waals surface area contributed by atoms with Crippen molar-refractivity contribution in [2.24, 2.45) is 5.92 Å². The number of amides is 1. The molecule has 1 fully saturated rings. The Kier molecular flexibility index (Phi) is 5.80. The summed E-state index contributed by atoms with van der Waals surface area (Å²) in [6.45, 7) is 9.98. The third kappa shape index (κ3) is 5.22. The lowest BCUT2D eigenvalue weighted by Crippen LogP contribution is -2.40. The number of aromatic nitrogens is 1. The fraction of sp³-hybridized carbons (Fsp3) is 0.611. The number of nitrogens with zero attached hydrogens (tertiary/aromatic N) is 2. The van der Waals surface area contributed by atoms with Gasteiger partial charge in [-0.25, -0.2) is 9.78 Å². The van der Waals surface area contributed by atoms with Crippen LogP contribution in [0.5, 0.6) is 0 Å². The number of anilines is 1. The summed E-state index contributed by atoms with van der Waals surface area (Å²) in [5.74, 6) is 1.39. The number of aryl methyl sites for hydroxylation is 1. The number of nitrogens with one attached hydrogen (secondary N) is 1. The van der Waals surface area contributed by atoms with Crippen LogP contribution in [0.1, 0.15) is 49.5 Å². The minimum absolute atomic E-state index is 0.355. The second kappa shape index (κ2) is 7.64. The van der Waals surface area contributed by atoms with Crippen LogP contribution in [0.4, 0.5) is 10.6 Å². The molecule has 0 radical (unpaired) electrons. The van der Waals surface area contributed by atoms with Gasteiger partial charge >= 0.3 is 6.09 Å². The van der Waals surface area contributed by atoms with Gasteiger partial charge in [0.1, 0.15) is 11.4 Å². The molecule has 1 aromatic heterocycles. The average molecular weight is 333 g/mol. The Labute approximate surface area is 143 Å². The van der Waals surface area contributed by atoms with Gasteiger partial charge in [-0.1, -0.05) is 0 Å². The number of hydrogen-bond donors (Lipinski definition) is 1. The lowest BCUT2D eigenvalue weighted by atomic mass is 9.96. The molecule has 24 heavy (non-hydrogen) atoms. The Morgan fingerprint density at radius 2 is 2.08 bits per heavy atom. The van der Waals surface area contributed by atoms with Gasteiger partial charge in [0.15, 0.2) is 6.29 Å². The molecule has 0 atom stereocenters. The molecule has 2 rings (SSSR count). The lowest BCUT2D eigenvalue weighted by Gasteiger charge is -2.33. The quantitative estimate of drug-likeness (QED) is 0.858. The van der Waals surface area contributed by atoms with Gasteiger partial charge in [0, 0.05) is 31.4 Å². The maximum atomic E-state index is 11.7. The number of carbonyl (C=O) groups excluding carboxylic acids is 2. The van der Waals surface area contributed by atoms with E-state index in [0.717, 1.165) is 43.6 Å². The van der Waals surface area contributed by atoms with Crippen molar-refractivity contribution in [3.63, 3.8) is 0 Å². The van der Waals surface area contributed by atoms with E-state index in [9.17, 15) is 9.59 Å². The highest BCUT2D eigenvalue weighted by atomic mass is 16.6. The van der Waals surface area contributed by atoms with E-state index >= 15 is 0 Å². The molecule has 0 unspecified atom stereocenters. The second-order valence-electron chi connectivity index (χ2n) is 7.34. The highest BCUT2D eigenvalue weighted by Crippen LogP contribution is 2.24. The van der Waals surface area contributed by atoms with Crippen molar-refractivity contribution >= 4 is 18.2 Å². The largest absolute Gasteiger partial charge is 0.444 e. The topological polar surface area (TPSA) is 71.5 Å². The van der Waals surface area contributed by atoms with Crippen molar-refractivity contribution in [1.29, 1.82) is 0 Å². The second-order valence-corrected chi connectivity index (χ2v) is 7.34. The minimum atomic E-state index is -0.468. The molecule has 0 spiro atoms. The van der Waals surface area contributed by atoms with Crippen LogP contribution in [0.2, 0.25) is 0 Å². The first kappa shape index (κ1) is 18.2. The van der Waals surface area contributed by atoms with E-state index in [1.165, 1.54) is 0 Å². The van der Waals surface area contributed by atoms with Crippen molar-refractivity contribution in [1.82, 2.24) is 10.3 Å². The molecule has 1 amide bonds. The molecule has 0 saturated carbocycles. The molecule has 1 N–H and O–H groups in total. The number of pyridine rings is 1. The number of rotatable bonds is 4. The molecule has 1 aliphatic heterocycles. The summed E-state index contributed by atoms with van der Waals surface area (Å²) in [6, 6.07) is 1.87. The number of piperidine rings is 1. The average Bonchev–Trinajstić information content (AvgIpc) is 2.52. The van der Waals surface area contributed by atoms with Gasteiger partial charge in [0.05, 0.1) is 0 Å². The van der Waals surface area contributed by atoms with Crippen molar-refractivity contribution in [3.8, 4) is 0 Å². The number of aldehydes is 1. The van der Waals surface area contributed by atoms with Crippen LogP contribution in [0.25, 0.3) is 0 Å². The monoisotopic (exact) mass is 333 g/mol. The zero-order valence-electron chi connectivity index (χ0n) is 15.0. The highest BCUT2D eigenvalue weighted by Gasteiger charge is 2.23. The third-order valence-corrected chi connectivity index (χ3v) is 4.06. The van der Waals surface area contributed by atoms with E-state index in [0.29, 0.717) is 18.0 Å². The van der Waals surface area contributed by atoms with Gasteiger partial charge in [0.2, 0.25) is 0 Å². The number of alkyl carbamates (subject to hydrolysis) is 1. The summed E-state index contributed by atoms with van der Waals surface area (Å²) in [5, 5.41) is 2.86. The first-order valence-electron chi connectivity index (χ1n) is 8.42. The van der Waals surface area contributed by atoms with Gasteiger partial charge in [-0.05, 0) is 58.1 Å². The van der Waals surface area contributed by atoms with Crippen molar-refractivity contribution in [2.45, 2.75) is 46.1 Å². The molecular formula is C18H27N3O3. The molecule has 1 aromatic rings. The maximum Gasteiger partial charge on any atom is 0.407 e. The fourth-order valence-electron chi connectivity index (χ4n) is 2.88. The molecular weight excluding hydrogens is 306 g/mol. The standard InChI is InChI=1S/C18H27N3O3/c1-13-9-15(12-22)11-19-16(13)21-7-5-14(6-8-21)10-20-17(23)24-18(2,3)4/h9,11-12,14H,5-8,10H2,1-4H3,(H,20,23). The Morgan fingerprint density at radius 1 is 1.42 bits per heavy atom. The molecule has 0 aromatic carbocycles. The Morgan fingerprint density at radius 3 is 2.62 bits per heavy atom. The summed E-state index contributed by atoms with van der Waals surface area (Å²) >= 11 is 0. The van der Waals surface area contributed by atoms with E-state index in [4.69, 9.17) is 4.74 Å². The smallest absolute Gasteiger partial charge is 0.407 e. The number of ether oxygens (including phenoxy) is 1. The summed E-state index contributed by atoms with van der Waals surface area (Å²) in [6.07, 6.45) is 4.06. The van der Waals surface area contributed by atoms with E-state index < -0.39 is 5.60 Å². The minimum Gasteiger partial charge on any atom is -0.444 e. The molecule has 6 heteroatoms.